The van der Waals surface area contributed by atoms with E-state index in [1.54, 1.807) is 0 Å². The third kappa shape index (κ3) is 1.82. The van der Waals surface area contributed by atoms with Crippen LogP contribution < -0.4 is 5.32 Å². The lowest BCUT2D eigenvalue weighted by molar-refractivity contribution is -0.147. The first-order valence-corrected chi connectivity index (χ1v) is 4.07. The van der Waals surface area contributed by atoms with Crippen molar-refractivity contribution in [1.82, 2.24) is 5.32 Å². The van der Waals surface area contributed by atoms with E-state index in [1.807, 2.05) is 0 Å². The van der Waals surface area contributed by atoms with Gasteiger partial charge in [-0.25, -0.2) is 0 Å². The zero-order chi connectivity index (χ0) is 9.14. The maximum absolute atomic E-state index is 11.0. The molecule has 2 N–H and O–H groups in total. The lowest BCUT2D eigenvalue weighted by Gasteiger charge is -2.26. The molecule has 0 aromatic heterocycles. The smallest absolute Gasteiger partial charge is 0.307 e. The topological polar surface area (TPSA) is 66.4 Å². The highest BCUT2D eigenvalue weighted by Gasteiger charge is 2.33. The van der Waals surface area contributed by atoms with Gasteiger partial charge in [0.05, 0.1) is 5.92 Å². The minimum absolute atomic E-state index is 0.0328. The van der Waals surface area contributed by atoms with Crippen molar-refractivity contribution in [3.05, 3.63) is 0 Å². The van der Waals surface area contributed by atoms with Gasteiger partial charge in [-0.2, -0.15) is 0 Å². The molecule has 0 radical (unpaired) electrons. The summed E-state index contributed by atoms with van der Waals surface area (Å²) >= 11 is 0. The van der Waals surface area contributed by atoms with Crippen LogP contribution in [0, 0.1) is 11.8 Å². The number of carbonyl (C=O) groups excluding carboxylic acids is 1. The van der Waals surface area contributed by atoms with Crippen LogP contribution in [0.2, 0.25) is 0 Å². The summed E-state index contributed by atoms with van der Waals surface area (Å²) in [7, 11) is 0. The number of carboxylic acids is 1. The van der Waals surface area contributed by atoms with Gasteiger partial charge in [0, 0.05) is 12.5 Å². The van der Waals surface area contributed by atoms with Gasteiger partial charge in [-0.15, -0.1) is 0 Å². The third-order valence-electron chi connectivity index (χ3n) is 2.32. The molecule has 0 bridgehead atoms. The Balaban J connectivity index is 2.67. The minimum Gasteiger partial charge on any atom is -0.481 e. The fourth-order valence-corrected chi connectivity index (χ4v) is 1.58. The molecular formula is C8H13NO3. The minimum atomic E-state index is -0.850. The van der Waals surface area contributed by atoms with Gasteiger partial charge in [0.15, 0.2) is 0 Å². The van der Waals surface area contributed by atoms with E-state index >= 15 is 0 Å². The Morgan fingerprint density at radius 3 is 2.50 bits per heavy atom. The fourth-order valence-electron chi connectivity index (χ4n) is 1.58. The summed E-state index contributed by atoms with van der Waals surface area (Å²) in [6.45, 7) is 2.65. The number of nitrogens with one attached hydrogen (secondary N) is 1. The van der Waals surface area contributed by atoms with Gasteiger partial charge >= 0.3 is 5.97 Å². The van der Waals surface area contributed by atoms with E-state index in [4.69, 9.17) is 5.11 Å². The van der Waals surface area contributed by atoms with E-state index in [0.29, 0.717) is 19.5 Å². The van der Waals surface area contributed by atoms with Crippen molar-refractivity contribution in [3.8, 4) is 0 Å². The second-order valence-corrected chi connectivity index (χ2v) is 3.15. The van der Waals surface area contributed by atoms with E-state index in [0.717, 1.165) is 0 Å². The number of carboxylic acid groups (broad SMARTS) is 1. The summed E-state index contributed by atoms with van der Waals surface area (Å²) in [5.74, 6) is -1.70. The van der Waals surface area contributed by atoms with Crippen molar-refractivity contribution in [2.45, 2.75) is 13.3 Å². The lowest BCUT2D eigenvalue weighted by Crippen LogP contribution is -2.43. The van der Waals surface area contributed by atoms with Gasteiger partial charge in [-0.1, -0.05) is 0 Å². The zero-order valence-corrected chi connectivity index (χ0v) is 7.04. The molecule has 1 saturated heterocycles. The van der Waals surface area contributed by atoms with E-state index in [1.165, 1.54) is 6.92 Å². The summed E-state index contributed by atoms with van der Waals surface area (Å²) < 4.78 is 0. The summed E-state index contributed by atoms with van der Waals surface area (Å²) in [5.41, 5.74) is 0. The van der Waals surface area contributed by atoms with Crippen LogP contribution in [0.4, 0.5) is 0 Å². The Morgan fingerprint density at radius 1 is 1.42 bits per heavy atom. The number of piperidine rings is 1. The largest absolute Gasteiger partial charge is 0.481 e. The maximum atomic E-state index is 11.0. The first kappa shape index (κ1) is 9.19. The molecule has 0 aromatic carbocycles. The van der Waals surface area contributed by atoms with E-state index in [2.05, 4.69) is 5.32 Å². The summed E-state index contributed by atoms with van der Waals surface area (Å²) in [6, 6.07) is 0. The Kier molecular flexibility index (Phi) is 2.81. The van der Waals surface area contributed by atoms with Crippen LogP contribution >= 0.6 is 0 Å². The molecule has 1 fully saturated rings. The SMILES string of the molecule is CC(=O)C1CNCCC1C(=O)O. The second kappa shape index (κ2) is 3.67. The molecule has 0 aromatic rings. The normalized spacial score (nSPS) is 29.8. The van der Waals surface area contributed by atoms with Crippen LogP contribution in [-0.4, -0.2) is 29.9 Å². The first-order valence-electron chi connectivity index (χ1n) is 4.07. The monoisotopic (exact) mass is 171 g/mol. The number of carbonyl (C=O) groups is 2. The third-order valence-corrected chi connectivity index (χ3v) is 2.32. The lowest BCUT2D eigenvalue weighted by atomic mass is 9.84. The molecule has 4 heteroatoms. The summed E-state index contributed by atoms with van der Waals surface area (Å²) in [5, 5.41) is 11.8. The van der Waals surface area contributed by atoms with Gasteiger partial charge in [0.25, 0.3) is 0 Å². The first-order chi connectivity index (χ1) is 5.63. The number of ketones is 1. The molecule has 12 heavy (non-hydrogen) atoms. The van der Waals surface area contributed by atoms with Gasteiger partial charge in [-0.3, -0.25) is 9.59 Å². The molecule has 0 amide bonds. The number of rotatable bonds is 2. The molecule has 0 spiro atoms. The van der Waals surface area contributed by atoms with Crippen LogP contribution in [0.1, 0.15) is 13.3 Å². The van der Waals surface area contributed by atoms with Crippen LogP contribution in [0.3, 0.4) is 0 Å². The molecule has 0 aliphatic carbocycles. The summed E-state index contributed by atoms with van der Waals surface area (Å²) in [6.07, 6.45) is 0.555. The molecule has 1 aliphatic heterocycles. The molecule has 0 saturated carbocycles. The average Bonchev–Trinajstić information content (AvgIpc) is 2.04. The maximum Gasteiger partial charge on any atom is 0.307 e. The van der Waals surface area contributed by atoms with Crippen molar-refractivity contribution >= 4 is 11.8 Å². The average molecular weight is 171 g/mol. The van der Waals surface area contributed by atoms with E-state index < -0.39 is 11.9 Å². The molecule has 2 atom stereocenters. The fraction of sp³-hybridized carbons (Fsp3) is 0.750. The molecule has 1 aliphatic rings. The van der Waals surface area contributed by atoms with Crippen molar-refractivity contribution in [1.29, 1.82) is 0 Å². The number of aliphatic carboxylic acids is 1. The molecule has 2 unspecified atom stereocenters. The van der Waals surface area contributed by atoms with Crippen LogP contribution in [-0.2, 0) is 9.59 Å². The second-order valence-electron chi connectivity index (χ2n) is 3.15. The number of hydrogen-bond donors (Lipinski definition) is 2. The van der Waals surface area contributed by atoms with Crippen LogP contribution in [0.15, 0.2) is 0 Å². The molecule has 68 valence electrons. The number of hydrogen-bond acceptors (Lipinski definition) is 3. The van der Waals surface area contributed by atoms with Crippen molar-refractivity contribution < 1.29 is 14.7 Å². The predicted octanol–water partition coefficient (Wildman–Crippen LogP) is -0.114. The Hall–Kier alpha value is -0.900. The Morgan fingerprint density at radius 2 is 2.08 bits per heavy atom. The molecule has 4 nitrogen and oxygen atoms in total. The van der Waals surface area contributed by atoms with Crippen molar-refractivity contribution in [3.63, 3.8) is 0 Å². The number of Topliss-reactive ketones (excluding diaryl/α,β-unsaturated/α-hetero) is 1. The zero-order valence-electron chi connectivity index (χ0n) is 7.04. The van der Waals surface area contributed by atoms with Crippen molar-refractivity contribution in [2.75, 3.05) is 13.1 Å². The standard InChI is InChI=1S/C8H13NO3/c1-5(10)7-4-9-3-2-6(7)8(11)12/h6-7,9H,2-4H2,1H3,(H,11,12). The van der Waals surface area contributed by atoms with Gasteiger partial charge < -0.3 is 10.4 Å². The van der Waals surface area contributed by atoms with Crippen LogP contribution in [0.5, 0.6) is 0 Å². The van der Waals surface area contributed by atoms with Crippen molar-refractivity contribution in [2.24, 2.45) is 11.8 Å². The van der Waals surface area contributed by atoms with Gasteiger partial charge in [-0.05, 0) is 19.9 Å². The summed E-state index contributed by atoms with van der Waals surface area (Å²) in [4.78, 5) is 21.7. The Labute approximate surface area is 71.0 Å². The molecular weight excluding hydrogens is 158 g/mol. The highest BCUT2D eigenvalue weighted by Crippen LogP contribution is 2.19. The molecule has 1 heterocycles. The highest BCUT2D eigenvalue weighted by molar-refractivity contribution is 5.84. The van der Waals surface area contributed by atoms with E-state index in [9.17, 15) is 9.59 Å². The predicted molar refractivity (Wildman–Crippen MR) is 42.8 cm³/mol. The van der Waals surface area contributed by atoms with Gasteiger partial charge in [0.1, 0.15) is 5.78 Å². The molecule has 1 rings (SSSR count). The van der Waals surface area contributed by atoms with Gasteiger partial charge in [0.2, 0.25) is 0 Å². The van der Waals surface area contributed by atoms with E-state index in [-0.39, 0.29) is 11.7 Å². The Bertz CT molecular complexity index is 180. The quantitative estimate of drug-likeness (QED) is 0.608. The van der Waals surface area contributed by atoms with Crippen LogP contribution in [0.25, 0.3) is 0 Å². The highest BCUT2D eigenvalue weighted by atomic mass is 16.4.